The minimum atomic E-state index is -2.58. The molecule has 0 aliphatic heterocycles. The third-order valence-electron chi connectivity index (χ3n) is 3.13. The van der Waals surface area contributed by atoms with Crippen LogP contribution in [0.25, 0.3) is 0 Å². The van der Waals surface area contributed by atoms with Crippen molar-refractivity contribution in [2.45, 2.75) is 30.5 Å². The first-order valence-corrected chi connectivity index (χ1v) is 6.97. The maximum absolute atomic E-state index is 13.6. The molecule has 1 nitrogen and oxygen atoms in total. The molecule has 100 valence electrons. The maximum atomic E-state index is 13.6. The van der Waals surface area contributed by atoms with Gasteiger partial charge in [0.1, 0.15) is 0 Å². The molecule has 0 aromatic heterocycles. The predicted octanol–water partition coefficient (Wildman–Crippen LogP) is 4.53. The molecule has 2 rings (SSSR count). The van der Waals surface area contributed by atoms with E-state index in [2.05, 4.69) is 15.9 Å². The molecule has 0 radical (unpaired) electrons. The second-order valence-corrected chi connectivity index (χ2v) is 5.23. The Morgan fingerprint density at radius 3 is 2.72 bits per heavy atom. The van der Waals surface area contributed by atoms with E-state index in [1.54, 1.807) is 12.1 Å². The van der Waals surface area contributed by atoms with Crippen LogP contribution >= 0.6 is 15.9 Å². The van der Waals surface area contributed by atoms with Gasteiger partial charge in [0.15, 0.2) is 11.6 Å². The highest BCUT2D eigenvalue weighted by molar-refractivity contribution is 9.08. The molecule has 0 heterocycles. The van der Waals surface area contributed by atoms with Crippen LogP contribution in [0, 0.1) is 11.7 Å². The Balaban J connectivity index is 1.91. The Bertz CT molecular complexity index is 423. The van der Waals surface area contributed by atoms with Crippen LogP contribution in [-0.4, -0.2) is 12.5 Å². The summed E-state index contributed by atoms with van der Waals surface area (Å²) in [5.74, 6) is -3.08. The van der Waals surface area contributed by atoms with E-state index >= 15 is 0 Å². The number of benzene rings is 1. The quantitative estimate of drug-likeness (QED) is 0.740. The van der Waals surface area contributed by atoms with E-state index in [1.807, 2.05) is 0 Å². The van der Waals surface area contributed by atoms with E-state index in [-0.39, 0.29) is 31.1 Å². The highest BCUT2D eigenvalue weighted by atomic mass is 79.9. The zero-order valence-corrected chi connectivity index (χ0v) is 11.4. The van der Waals surface area contributed by atoms with Crippen molar-refractivity contribution < 1.29 is 17.9 Å². The summed E-state index contributed by atoms with van der Waals surface area (Å²) in [6.07, 6.45) is 0.189. The number of halogens is 4. The fourth-order valence-corrected chi connectivity index (χ4v) is 2.48. The summed E-state index contributed by atoms with van der Waals surface area (Å²) in [5, 5.41) is 0.568. The first-order valence-electron chi connectivity index (χ1n) is 5.85. The van der Waals surface area contributed by atoms with Gasteiger partial charge in [-0.2, -0.15) is 0 Å². The van der Waals surface area contributed by atoms with Crippen molar-refractivity contribution in [2.24, 2.45) is 5.92 Å². The Hall–Kier alpha value is -0.710. The number of rotatable bonds is 4. The Morgan fingerprint density at radius 1 is 1.39 bits per heavy atom. The van der Waals surface area contributed by atoms with Crippen LogP contribution in [0.2, 0.25) is 0 Å². The average molecular weight is 323 g/mol. The third-order valence-corrected chi connectivity index (χ3v) is 3.78. The summed E-state index contributed by atoms with van der Waals surface area (Å²) >= 11 is 3.23. The molecule has 1 aliphatic carbocycles. The van der Waals surface area contributed by atoms with Crippen LogP contribution in [0.5, 0.6) is 5.75 Å². The summed E-state index contributed by atoms with van der Waals surface area (Å²) in [4.78, 5) is 0. The number of alkyl halides is 3. The lowest BCUT2D eigenvalue weighted by molar-refractivity contribution is 0.00286. The molecule has 0 N–H and O–H groups in total. The highest BCUT2D eigenvalue weighted by Gasteiger charge is 2.39. The highest BCUT2D eigenvalue weighted by Crippen LogP contribution is 2.39. The third kappa shape index (κ3) is 3.40. The molecular weight excluding hydrogens is 309 g/mol. The largest absolute Gasteiger partial charge is 0.490 e. The molecule has 0 saturated heterocycles. The van der Waals surface area contributed by atoms with E-state index < -0.39 is 11.7 Å². The SMILES string of the molecule is Fc1cc(CBr)ccc1OCC1CCC(F)(F)C1. The van der Waals surface area contributed by atoms with Crippen molar-refractivity contribution in [3.05, 3.63) is 29.6 Å². The van der Waals surface area contributed by atoms with Gasteiger partial charge in [-0.05, 0) is 30.0 Å². The molecule has 1 atom stereocenters. The summed E-state index contributed by atoms with van der Waals surface area (Å²) < 4.78 is 44.8. The fraction of sp³-hybridized carbons (Fsp3) is 0.538. The second kappa shape index (κ2) is 5.51. The van der Waals surface area contributed by atoms with Crippen LogP contribution in [0.1, 0.15) is 24.8 Å². The van der Waals surface area contributed by atoms with Gasteiger partial charge in [0.25, 0.3) is 0 Å². The summed E-state index contributed by atoms with van der Waals surface area (Å²) in [6.45, 7) is 0.153. The number of hydrogen-bond acceptors (Lipinski definition) is 1. The van der Waals surface area contributed by atoms with E-state index in [9.17, 15) is 13.2 Å². The number of hydrogen-bond donors (Lipinski definition) is 0. The summed E-state index contributed by atoms with van der Waals surface area (Å²) in [6, 6.07) is 4.67. The van der Waals surface area contributed by atoms with Crippen LogP contribution in [-0.2, 0) is 5.33 Å². The van der Waals surface area contributed by atoms with E-state index in [0.29, 0.717) is 11.8 Å². The first kappa shape index (κ1) is 13.7. The maximum Gasteiger partial charge on any atom is 0.248 e. The van der Waals surface area contributed by atoms with Crippen molar-refractivity contribution in [1.82, 2.24) is 0 Å². The summed E-state index contributed by atoms with van der Waals surface area (Å²) in [5.41, 5.74) is 0.812. The van der Waals surface area contributed by atoms with Gasteiger partial charge in [0.2, 0.25) is 5.92 Å². The topological polar surface area (TPSA) is 9.23 Å². The van der Waals surface area contributed by atoms with Gasteiger partial charge < -0.3 is 4.74 Å². The van der Waals surface area contributed by atoms with Crippen molar-refractivity contribution in [3.63, 3.8) is 0 Å². The van der Waals surface area contributed by atoms with Gasteiger partial charge in [-0.25, -0.2) is 13.2 Å². The van der Waals surface area contributed by atoms with Crippen molar-refractivity contribution in [1.29, 1.82) is 0 Å². The molecule has 1 unspecified atom stereocenters. The lowest BCUT2D eigenvalue weighted by Crippen LogP contribution is -2.14. The minimum Gasteiger partial charge on any atom is -0.490 e. The molecule has 5 heteroatoms. The normalized spacial score (nSPS) is 22.1. The van der Waals surface area contributed by atoms with Gasteiger partial charge in [-0.15, -0.1) is 0 Å². The molecule has 0 amide bonds. The Kier molecular flexibility index (Phi) is 4.20. The lowest BCUT2D eigenvalue weighted by atomic mass is 10.1. The molecule has 18 heavy (non-hydrogen) atoms. The molecule has 1 aliphatic rings. The predicted molar refractivity (Wildman–Crippen MR) is 66.8 cm³/mol. The van der Waals surface area contributed by atoms with Gasteiger partial charge in [-0.1, -0.05) is 22.0 Å². The molecule has 1 aromatic rings. The summed E-state index contributed by atoms with van der Waals surface area (Å²) in [7, 11) is 0. The van der Waals surface area contributed by atoms with Gasteiger partial charge >= 0.3 is 0 Å². The van der Waals surface area contributed by atoms with Gasteiger partial charge in [-0.3, -0.25) is 0 Å². The molecular formula is C13H14BrF3O. The first-order chi connectivity index (χ1) is 8.50. The van der Waals surface area contributed by atoms with Crippen LogP contribution in [0.15, 0.2) is 18.2 Å². The Morgan fingerprint density at radius 2 is 2.17 bits per heavy atom. The monoisotopic (exact) mass is 322 g/mol. The van der Waals surface area contributed by atoms with Gasteiger partial charge in [0, 0.05) is 18.2 Å². The molecule has 1 fully saturated rings. The molecule has 1 aromatic carbocycles. The molecule has 0 spiro atoms. The standard InChI is InChI=1S/C13H14BrF3O/c14-7-9-1-2-12(11(15)5-9)18-8-10-3-4-13(16,17)6-10/h1-2,5,10H,3-4,6-8H2. The second-order valence-electron chi connectivity index (χ2n) is 4.67. The van der Waals surface area contributed by atoms with Crippen LogP contribution < -0.4 is 4.74 Å². The average Bonchev–Trinajstić information content (AvgIpc) is 2.67. The van der Waals surface area contributed by atoms with Crippen LogP contribution in [0.4, 0.5) is 13.2 Å². The smallest absolute Gasteiger partial charge is 0.248 e. The zero-order valence-electron chi connectivity index (χ0n) is 9.77. The molecule has 0 bridgehead atoms. The van der Waals surface area contributed by atoms with Gasteiger partial charge in [0.05, 0.1) is 6.61 Å². The lowest BCUT2D eigenvalue weighted by Gasteiger charge is -2.13. The van der Waals surface area contributed by atoms with E-state index in [0.717, 1.165) is 5.56 Å². The Labute approximate surface area is 112 Å². The number of ether oxygens (including phenoxy) is 1. The van der Waals surface area contributed by atoms with E-state index in [4.69, 9.17) is 4.74 Å². The fourth-order valence-electron chi connectivity index (χ4n) is 2.14. The van der Waals surface area contributed by atoms with Crippen molar-refractivity contribution >= 4 is 15.9 Å². The van der Waals surface area contributed by atoms with Crippen LogP contribution in [0.3, 0.4) is 0 Å². The van der Waals surface area contributed by atoms with Crippen molar-refractivity contribution in [3.8, 4) is 5.75 Å². The van der Waals surface area contributed by atoms with E-state index in [1.165, 1.54) is 6.07 Å². The minimum absolute atomic E-state index is 0.0912. The zero-order chi connectivity index (χ0) is 13.2. The van der Waals surface area contributed by atoms with Crippen molar-refractivity contribution in [2.75, 3.05) is 6.61 Å². The molecule has 1 saturated carbocycles.